The van der Waals surface area contributed by atoms with E-state index in [2.05, 4.69) is 10.6 Å². The Labute approximate surface area is 241 Å². The number of nitrogens with one attached hydrogen (secondary N) is 2. The van der Waals surface area contributed by atoms with E-state index < -0.39 is 102 Å². The van der Waals surface area contributed by atoms with Crippen molar-refractivity contribution in [1.82, 2.24) is 19.8 Å². The van der Waals surface area contributed by atoms with Gasteiger partial charge in [0.15, 0.2) is 0 Å². The number of carbonyl (C=O) groups excluding carboxylic acids is 3. The summed E-state index contributed by atoms with van der Waals surface area (Å²) in [6, 6.07) is -0.321. The van der Waals surface area contributed by atoms with Crippen LogP contribution in [-0.4, -0.2) is 93.9 Å². The first-order valence-electron chi connectivity index (χ1n) is 12.0. The number of hydrogen-bond donors (Lipinski definition) is 6. The molecule has 0 saturated carbocycles. The average Bonchev–Trinajstić information content (AvgIpc) is 3.28. The number of carboxylic acids is 1. The van der Waals surface area contributed by atoms with Gasteiger partial charge in [-0.2, -0.15) is 0 Å². The topological polar surface area (TPSA) is 240 Å². The van der Waals surface area contributed by atoms with Gasteiger partial charge in [0.25, 0.3) is 0 Å². The minimum Gasteiger partial charge on any atom is -0.534 e. The molecule has 0 aliphatic carbocycles. The van der Waals surface area contributed by atoms with Crippen molar-refractivity contribution in [2.24, 2.45) is 0 Å². The molecule has 2 unspecified atom stereocenters. The number of carboxylic acid groups (broad SMARTS) is 1. The van der Waals surface area contributed by atoms with Crippen LogP contribution in [0.5, 0.6) is 5.75 Å². The van der Waals surface area contributed by atoms with E-state index in [9.17, 15) is 60.9 Å². The number of aromatic carboxylic acids is 1. The lowest BCUT2D eigenvalue weighted by Gasteiger charge is -2.30. The van der Waals surface area contributed by atoms with Gasteiger partial charge in [0.1, 0.15) is 29.0 Å². The SMILES string of the molecule is CS(=O)(=O)N1CCN(C(=O)NC(C(=O)NC2Cc3ccc(F)c(C(=O)O)c3OB2O)c2ccc(P(=O)(O)O)c(F)c2)C1=O. The zero-order valence-electron chi connectivity index (χ0n) is 21.8. The number of rotatable bonds is 7. The van der Waals surface area contributed by atoms with E-state index >= 15 is 0 Å². The zero-order chi connectivity index (χ0) is 32.0. The second kappa shape index (κ2) is 11.5. The highest BCUT2D eigenvalue weighted by atomic mass is 32.2. The minimum absolute atomic E-state index is 0.0792. The average molecular weight is 646 g/mol. The van der Waals surface area contributed by atoms with Gasteiger partial charge in [-0.3, -0.25) is 9.36 Å². The lowest BCUT2D eigenvalue weighted by atomic mass is 9.72. The molecule has 1 saturated heterocycles. The molecular weight excluding hydrogens is 624 g/mol. The van der Waals surface area contributed by atoms with Crippen molar-refractivity contribution in [2.75, 3.05) is 19.3 Å². The van der Waals surface area contributed by atoms with E-state index in [4.69, 9.17) is 4.65 Å². The molecule has 6 N–H and O–H groups in total. The molecule has 2 aliphatic heterocycles. The minimum atomic E-state index is -5.08. The van der Waals surface area contributed by atoms with Crippen molar-refractivity contribution in [3.8, 4) is 5.75 Å². The summed E-state index contributed by atoms with van der Waals surface area (Å²) in [6.07, 6.45) is 0.431. The molecule has 16 nitrogen and oxygen atoms in total. The van der Waals surface area contributed by atoms with Gasteiger partial charge in [-0.05, 0) is 35.7 Å². The van der Waals surface area contributed by atoms with Crippen molar-refractivity contribution >= 4 is 54.0 Å². The Morgan fingerprint density at radius 1 is 1.14 bits per heavy atom. The largest absolute Gasteiger partial charge is 0.547 e. The molecule has 21 heteroatoms. The molecule has 1 fully saturated rings. The number of sulfonamides is 1. The third-order valence-corrected chi connectivity index (χ3v) is 8.65. The predicted molar refractivity (Wildman–Crippen MR) is 141 cm³/mol. The third-order valence-electron chi connectivity index (χ3n) is 6.52. The summed E-state index contributed by atoms with van der Waals surface area (Å²) in [4.78, 5) is 69.5. The van der Waals surface area contributed by atoms with Crippen LogP contribution in [0.3, 0.4) is 0 Å². The maximum Gasteiger partial charge on any atom is 0.547 e. The van der Waals surface area contributed by atoms with Gasteiger partial charge in [0.05, 0.1) is 30.6 Å². The van der Waals surface area contributed by atoms with Gasteiger partial charge in [-0.25, -0.2) is 40.8 Å². The van der Waals surface area contributed by atoms with Crippen molar-refractivity contribution < 1.29 is 65.5 Å². The Morgan fingerprint density at radius 3 is 2.37 bits per heavy atom. The Hall–Kier alpha value is -4.10. The molecule has 0 spiro atoms. The van der Waals surface area contributed by atoms with Gasteiger partial charge in [0, 0.05) is 0 Å². The van der Waals surface area contributed by atoms with Crippen molar-refractivity contribution in [3.63, 3.8) is 0 Å². The molecule has 0 radical (unpaired) electrons. The second-order valence-corrected chi connectivity index (χ2v) is 12.9. The maximum absolute atomic E-state index is 14.7. The number of benzene rings is 2. The smallest absolute Gasteiger partial charge is 0.534 e. The Balaban J connectivity index is 1.64. The highest BCUT2D eigenvalue weighted by molar-refractivity contribution is 7.88. The highest BCUT2D eigenvalue weighted by Crippen LogP contribution is 2.35. The number of amides is 5. The van der Waals surface area contributed by atoms with Gasteiger partial charge >= 0.3 is 32.7 Å². The van der Waals surface area contributed by atoms with E-state index in [0.717, 1.165) is 24.5 Å². The maximum atomic E-state index is 14.7. The van der Waals surface area contributed by atoms with E-state index in [-0.39, 0.29) is 17.5 Å². The van der Waals surface area contributed by atoms with Gasteiger partial charge < -0.3 is 35.2 Å². The summed E-state index contributed by atoms with van der Waals surface area (Å²) < 4.78 is 69.5. The first kappa shape index (κ1) is 31.8. The molecule has 2 aromatic rings. The van der Waals surface area contributed by atoms with Crippen LogP contribution in [0.15, 0.2) is 30.3 Å². The van der Waals surface area contributed by atoms with E-state index in [0.29, 0.717) is 21.3 Å². The number of carbonyl (C=O) groups is 4. The molecular formula is C22H22BF2N4O12PS. The van der Waals surface area contributed by atoms with Crippen LogP contribution in [-0.2, 0) is 25.8 Å². The van der Waals surface area contributed by atoms with Crippen LogP contribution in [0, 0.1) is 11.6 Å². The van der Waals surface area contributed by atoms with Gasteiger partial charge in [-0.1, -0.05) is 12.1 Å². The van der Waals surface area contributed by atoms with Crippen molar-refractivity contribution in [3.05, 3.63) is 58.7 Å². The summed E-state index contributed by atoms with van der Waals surface area (Å²) in [5.74, 6) is -7.27. The summed E-state index contributed by atoms with van der Waals surface area (Å²) in [7, 11) is -11.1. The molecule has 43 heavy (non-hydrogen) atoms. The van der Waals surface area contributed by atoms with Crippen LogP contribution in [0.2, 0.25) is 0 Å². The van der Waals surface area contributed by atoms with Gasteiger partial charge in [0.2, 0.25) is 15.9 Å². The summed E-state index contributed by atoms with van der Waals surface area (Å²) in [6.45, 7) is -0.802. The second-order valence-electron chi connectivity index (χ2n) is 9.45. The first-order valence-corrected chi connectivity index (χ1v) is 15.5. The summed E-state index contributed by atoms with van der Waals surface area (Å²) in [5.41, 5.74) is -1.16. The fraction of sp³-hybridized carbons (Fsp3) is 0.273. The van der Waals surface area contributed by atoms with Gasteiger partial charge in [-0.15, -0.1) is 0 Å². The molecule has 0 bridgehead atoms. The lowest BCUT2D eigenvalue weighted by Crippen LogP contribution is -2.56. The molecule has 5 amide bonds. The molecule has 2 aromatic carbocycles. The Bertz CT molecular complexity index is 1690. The van der Waals surface area contributed by atoms with Crippen molar-refractivity contribution in [2.45, 2.75) is 18.4 Å². The molecule has 4 rings (SSSR count). The molecule has 0 aromatic heterocycles. The number of hydrogen-bond acceptors (Lipinski definition) is 9. The number of imide groups is 1. The van der Waals surface area contributed by atoms with Crippen LogP contribution in [0.4, 0.5) is 18.4 Å². The predicted octanol–water partition coefficient (Wildman–Crippen LogP) is -0.946. The van der Waals surface area contributed by atoms with E-state index in [1.54, 1.807) is 0 Å². The molecule has 2 heterocycles. The molecule has 230 valence electrons. The Morgan fingerprint density at radius 2 is 1.81 bits per heavy atom. The standard InChI is InChI=1S/C22H22BF2N4O12PS/c1-43(39,40)29-7-6-28(22(29)34)21(33)27-17(10-3-5-14(13(25)8-10)42(36,37)38)19(30)26-15-9-11-2-4-12(24)16(20(31)32)18(11)41-23(15)35/h2-5,8,15,17,35H,6-7,9H2,1H3,(H,26,30)(H,27,33)(H,31,32)(H2,36,37,38). The zero-order valence-corrected chi connectivity index (χ0v) is 23.5. The summed E-state index contributed by atoms with van der Waals surface area (Å²) in [5, 5.41) is 23.2. The Kier molecular flexibility index (Phi) is 8.54. The molecule has 2 aliphatic rings. The van der Waals surface area contributed by atoms with Crippen LogP contribution < -0.4 is 20.6 Å². The van der Waals surface area contributed by atoms with Crippen molar-refractivity contribution in [1.29, 1.82) is 0 Å². The van der Waals surface area contributed by atoms with Crippen LogP contribution in [0.1, 0.15) is 27.5 Å². The molecule has 2 atom stereocenters. The monoisotopic (exact) mass is 646 g/mol. The van der Waals surface area contributed by atoms with Crippen LogP contribution in [0.25, 0.3) is 0 Å². The van der Waals surface area contributed by atoms with Crippen LogP contribution >= 0.6 is 7.60 Å². The first-order chi connectivity index (χ1) is 19.9. The van der Waals surface area contributed by atoms with E-state index in [1.165, 1.54) is 0 Å². The lowest BCUT2D eigenvalue weighted by molar-refractivity contribution is -0.123. The fourth-order valence-corrected chi connectivity index (χ4v) is 5.89. The third kappa shape index (κ3) is 6.47. The highest BCUT2D eigenvalue weighted by Gasteiger charge is 2.42. The normalized spacial score (nSPS) is 17.7. The quantitative estimate of drug-likeness (QED) is 0.158. The number of urea groups is 2. The number of halogens is 2. The summed E-state index contributed by atoms with van der Waals surface area (Å²) >= 11 is 0. The fourth-order valence-electron chi connectivity index (χ4n) is 4.48. The van der Waals surface area contributed by atoms with E-state index in [1.807, 2.05) is 0 Å². The number of nitrogens with zero attached hydrogens (tertiary/aromatic N) is 2. The number of fused-ring (bicyclic) bond motifs is 1.